The molecule has 2 aromatic carbocycles. The van der Waals surface area contributed by atoms with Crippen LogP contribution < -0.4 is 10.9 Å². The van der Waals surface area contributed by atoms with Gasteiger partial charge in [-0.25, -0.2) is 4.79 Å². The van der Waals surface area contributed by atoms with Gasteiger partial charge < -0.3 is 9.73 Å². The van der Waals surface area contributed by atoms with Gasteiger partial charge in [-0.2, -0.15) is 0 Å². The first-order valence-electron chi connectivity index (χ1n) is 8.83. The minimum Gasteiger partial charge on any atom is -0.423 e. The first-order chi connectivity index (χ1) is 12.8. The van der Waals surface area contributed by atoms with Crippen molar-refractivity contribution in [2.24, 2.45) is 0 Å². The van der Waals surface area contributed by atoms with Crippen LogP contribution in [0.1, 0.15) is 27.8 Å². The summed E-state index contributed by atoms with van der Waals surface area (Å²) in [4.78, 5) is 24.2. The Morgan fingerprint density at radius 2 is 1.67 bits per heavy atom. The molecular formula is C22H23NO3S. The second kappa shape index (κ2) is 8.01. The third-order valence-electron chi connectivity index (χ3n) is 4.68. The van der Waals surface area contributed by atoms with Crippen LogP contribution in [0.15, 0.2) is 45.6 Å². The summed E-state index contributed by atoms with van der Waals surface area (Å²) >= 11 is 1.49. The highest BCUT2D eigenvalue weighted by Crippen LogP contribution is 2.25. The molecule has 0 spiro atoms. The highest BCUT2D eigenvalue weighted by atomic mass is 32.2. The fraction of sp³-hybridized carbons (Fsp3) is 0.273. The standard InChI is InChI=1S/C22H23NO3S/c1-13-6-5-7-14(2)22(13)23-20(24)12-27-11-17-10-21(25)26-19-9-16(4)15(3)8-18(17)19/h5-10H,11-12H2,1-4H3,(H,23,24). The van der Waals surface area contributed by atoms with Gasteiger partial charge >= 0.3 is 5.63 Å². The van der Waals surface area contributed by atoms with E-state index >= 15 is 0 Å². The number of amides is 1. The fourth-order valence-corrected chi connectivity index (χ4v) is 3.86. The normalized spacial score (nSPS) is 11.0. The van der Waals surface area contributed by atoms with E-state index in [9.17, 15) is 9.59 Å². The summed E-state index contributed by atoms with van der Waals surface area (Å²) in [7, 11) is 0. The number of carbonyl (C=O) groups is 1. The van der Waals surface area contributed by atoms with Gasteiger partial charge in [-0.05, 0) is 67.6 Å². The van der Waals surface area contributed by atoms with E-state index in [2.05, 4.69) is 5.32 Å². The molecule has 3 rings (SSSR count). The van der Waals surface area contributed by atoms with Crippen molar-refractivity contribution in [1.29, 1.82) is 0 Å². The Morgan fingerprint density at radius 1 is 1.00 bits per heavy atom. The van der Waals surface area contributed by atoms with Gasteiger partial charge in [-0.15, -0.1) is 11.8 Å². The van der Waals surface area contributed by atoms with Crippen LogP contribution >= 0.6 is 11.8 Å². The lowest BCUT2D eigenvalue weighted by Crippen LogP contribution is -2.16. The minimum absolute atomic E-state index is 0.0447. The highest BCUT2D eigenvalue weighted by molar-refractivity contribution is 7.99. The molecule has 1 aromatic heterocycles. The number of para-hydroxylation sites is 1. The quantitative estimate of drug-likeness (QED) is 0.639. The highest BCUT2D eigenvalue weighted by Gasteiger charge is 2.11. The molecule has 0 aliphatic carbocycles. The molecule has 1 amide bonds. The maximum absolute atomic E-state index is 12.3. The van der Waals surface area contributed by atoms with Gasteiger partial charge in [-0.1, -0.05) is 18.2 Å². The zero-order chi connectivity index (χ0) is 19.6. The third-order valence-corrected chi connectivity index (χ3v) is 5.66. The number of aryl methyl sites for hydroxylation is 4. The summed E-state index contributed by atoms with van der Waals surface area (Å²) in [5.74, 6) is 0.849. The number of carbonyl (C=O) groups excluding carboxylic acids is 1. The van der Waals surface area contributed by atoms with E-state index in [1.54, 1.807) is 0 Å². The molecule has 0 unspecified atom stereocenters. The van der Waals surface area contributed by atoms with Crippen LogP contribution in [0.2, 0.25) is 0 Å². The molecule has 0 aliphatic heterocycles. The first-order valence-corrected chi connectivity index (χ1v) is 9.98. The molecule has 0 atom stereocenters. The van der Waals surface area contributed by atoms with Crippen molar-refractivity contribution in [1.82, 2.24) is 0 Å². The minimum atomic E-state index is -0.360. The zero-order valence-electron chi connectivity index (χ0n) is 16.0. The molecule has 1 N–H and O–H groups in total. The zero-order valence-corrected chi connectivity index (χ0v) is 16.8. The number of thioether (sulfide) groups is 1. The van der Waals surface area contributed by atoms with E-state index < -0.39 is 0 Å². The monoisotopic (exact) mass is 381 g/mol. The maximum atomic E-state index is 12.3. The Labute approximate surface area is 163 Å². The van der Waals surface area contributed by atoms with Gasteiger partial charge in [-0.3, -0.25) is 4.79 Å². The molecule has 0 aliphatic rings. The van der Waals surface area contributed by atoms with E-state index in [0.29, 0.717) is 17.1 Å². The summed E-state index contributed by atoms with van der Waals surface area (Å²) in [6, 6.07) is 11.4. The Kier molecular flexibility index (Phi) is 5.71. The van der Waals surface area contributed by atoms with Crippen LogP contribution in [-0.4, -0.2) is 11.7 Å². The SMILES string of the molecule is Cc1cc2oc(=O)cc(CSCC(=O)Nc3c(C)cccc3C)c2cc1C. The van der Waals surface area contributed by atoms with Crippen LogP contribution in [0.4, 0.5) is 5.69 Å². The third kappa shape index (κ3) is 4.42. The van der Waals surface area contributed by atoms with Gasteiger partial charge in [0, 0.05) is 22.9 Å². The number of benzene rings is 2. The smallest absolute Gasteiger partial charge is 0.336 e. The number of fused-ring (bicyclic) bond motifs is 1. The summed E-state index contributed by atoms with van der Waals surface area (Å²) in [5.41, 5.74) is 6.34. The van der Waals surface area contributed by atoms with E-state index in [1.807, 2.05) is 58.0 Å². The molecule has 4 nitrogen and oxygen atoms in total. The van der Waals surface area contributed by atoms with E-state index in [0.717, 1.165) is 38.9 Å². The van der Waals surface area contributed by atoms with Crippen molar-refractivity contribution < 1.29 is 9.21 Å². The van der Waals surface area contributed by atoms with Crippen molar-refractivity contribution in [3.63, 3.8) is 0 Å². The van der Waals surface area contributed by atoms with Crippen LogP contribution in [0.5, 0.6) is 0 Å². The molecule has 3 aromatic rings. The fourth-order valence-electron chi connectivity index (χ4n) is 3.04. The van der Waals surface area contributed by atoms with E-state index in [-0.39, 0.29) is 11.5 Å². The van der Waals surface area contributed by atoms with Gasteiger partial charge in [0.2, 0.25) is 5.91 Å². The molecule has 0 radical (unpaired) electrons. The van der Waals surface area contributed by atoms with Crippen molar-refractivity contribution in [2.75, 3.05) is 11.1 Å². The summed E-state index contributed by atoms with van der Waals surface area (Å²) in [6.07, 6.45) is 0. The van der Waals surface area contributed by atoms with Crippen LogP contribution in [0, 0.1) is 27.7 Å². The molecular weight excluding hydrogens is 358 g/mol. The first kappa shape index (κ1) is 19.2. The van der Waals surface area contributed by atoms with Crippen molar-refractivity contribution in [3.05, 3.63) is 74.6 Å². The summed E-state index contributed by atoms with van der Waals surface area (Å²) < 4.78 is 5.33. The maximum Gasteiger partial charge on any atom is 0.336 e. The van der Waals surface area contributed by atoms with Crippen LogP contribution in [0.25, 0.3) is 11.0 Å². The Hall–Kier alpha value is -2.53. The lowest BCUT2D eigenvalue weighted by molar-refractivity contribution is -0.113. The van der Waals surface area contributed by atoms with E-state index in [4.69, 9.17) is 4.42 Å². The average molecular weight is 381 g/mol. The molecule has 0 bridgehead atoms. The molecule has 5 heteroatoms. The van der Waals surface area contributed by atoms with Gasteiger partial charge in [0.05, 0.1) is 5.75 Å². The van der Waals surface area contributed by atoms with Crippen LogP contribution in [-0.2, 0) is 10.5 Å². The Bertz CT molecular complexity index is 1050. The number of anilines is 1. The van der Waals surface area contributed by atoms with Crippen LogP contribution in [0.3, 0.4) is 0 Å². The topological polar surface area (TPSA) is 59.3 Å². The van der Waals surface area contributed by atoms with Gasteiger partial charge in [0.25, 0.3) is 0 Å². The average Bonchev–Trinajstić information content (AvgIpc) is 2.60. The Balaban J connectivity index is 1.71. The lowest BCUT2D eigenvalue weighted by atomic mass is 10.0. The molecule has 0 fully saturated rings. The second-order valence-corrected chi connectivity index (χ2v) is 7.82. The number of rotatable bonds is 5. The summed E-state index contributed by atoms with van der Waals surface area (Å²) in [5, 5.41) is 3.92. The predicted molar refractivity (Wildman–Crippen MR) is 113 cm³/mol. The van der Waals surface area contributed by atoms with Crippen molar-refractivity contribution in [2.45, 2.75) is 33.4 Å². The number of nitrogens with one attached hydrogen (secondary N) is 1. The molecule has 1 heterocycles. The predicted octanol–water partition coefficient (Wildman–Crippen LogP) is 4.90. The number of hydrogen-bond acceptors (Lipinski definition) is 4. The van der Waals surface area contributed by atoms with Gasteiger partial charge in [0.15, 0.2) is 0 Å². The second-order valence-electron chi connectivity index (χ2n) is 6.83. The van der Waals surface area contributed by atoms with Crippen molar-refractivity contribution in [3.8, 4) is 0 Å². The molecule has 0 saturated heterocycles. The summed E-state index contributed by atoms with van der Waals surface area (Å²) in [6.45, 7) is 7.99. The van der Waals surface area contributed by atoms with E-state index in [1.165, 1.54) is 17.8 Å². The van der Waals surface area contributed by atoms with Crippen molar-refractivity contribution >= 4 is 34.3 Å². The Morgan fingerprint density at radius 3 is 2.37 bits per heavy atom. The van der Waals surface area contributed by atoms with Gasteiger partial charge in [0.1, 0.15) is 5.58 Å². The molecule has 0 saturated carbocycles. The molecule has 140 valence electrons. The number of hydrogen-bond donors (Lipinski definition) is 1. The molecule has 27 heavy (non-hydrogen) atoms. The largest absolute Gasteiger partial charge is 0.423 e. The lowest BCUT2D eigenvalue weighted by Gasteiger charge is -2.11.